The number of thiophene rings is 1. The molecule has 1 aliphatic carbocycles. The quantitative estimate of drug-likeness (QED) is 0.662. The predicted octanol–water partition coefficient (Wildman–Crippen LogP) is 5.27. The van der Waals surface area contributed by atoms with Gasteiger partial charge in [0, 0.05) is 12.1 Å². The summed E-state index contributed by atoms with van der Waals surface area (Å²) in [6, 6.07) is 8.46. The molecule has 1 aliphatic rings. The summed E-state index contributed by atoms with van der Waals surface area (Å²) in [5, 5.41) is 7.94. The molecule has 26 heavy (non-hydrogen) atoms. The number of carbonyl (C=O) groups is 2. The molecule has 6 heteroatoms. The topological polar surface area (TPSA) is 58.2 Å². The molecule has 3 rings (SSSR count). The van der Waals surface area contributed by atoms with Gasteiger partial charge in [-0.15, -0.1) is 11.3 Å². The van der Waals surface area contributed by atoms with Crippen molar-refractivity contribution in [2.24, 2.45) is 0 Å². The molecule has 0 saturated carbocycles. The van der Waals surface area contributed by atoms with E-state index in [1.165, 1.54) is 29.8 Å². The van der Waals surface area contributed by atoms with Gasteiger partial charge in [0.1, 0.15) is 0 Å². The first-order valence-electron chi connectivity index (χ1n) is 8.74. The summed E-state index contributed by atoms with van der Waals surface area (Å²) >= 11 is 7.51. The van der Waals surface area contributed by atoms with Crippen LogP contribution in [0.4, 0.5) is 5.69 Å². The summed E-state index contributed by atoms with van der Waals surface area (Å²) in [6.45, 7) is 0.615. The van der Waals surface area contributed by atoms with E-state index in [9.17, 15) is 9.59 Å². The van der Waals surface area contributed by atoms with Crippen molar-refractivity contribution in [2.45, 2.75) is 32.1 Å². The monoisotopic (exact) mass is 388 g/mol. The molecule has 0 bridgehead atoms. The average Bonchev–Trinajstić information content (AvgIpc) is 3.19. The Morgan fingerprint density at radius 1 is 1.15 bits per heavy atom. The molecule has 1 heterocycles. The Hall–Kier alpha value is -2.11. The van der Waals surface area contributed by atoms with Crippen molar-refractivity contribution in [3.05, 3.63) is 62.8 Å². The second-order valence-electron chi connectivity index (χ2n) is 6.24. The van der Waals surface area contributed by atoms with Crippen LogP contribution < -0.4 is 10.6 Å². The van der Waals surface area contributed by atoms with Gasteiger partial charge in [0.25, 0.3) is 11.8 Å². The summed E-state index contributed by atoms with van der Waals surface area (Å²) in [6.07, 6.45) is 7.96. The van der Waals surface area contributed by atoms with Crippen LogP contribution in [0, 0.1) is 0 Å². The first kappa shape index (κ1) is 18.7. The van der Waals surface area contributed by atoms with Crippen LogP contribution in [-0.4, -0.2) is 18.4 Å². The van der Waals surface area contributed by atoms with Crippen LogP contribution in [0.5, 0.6) is 0 Å². The molecule has 4 nitrogen and oxygen atoms in total. The second-order valence-corrected chi connectivity index (χ2v) is 7.60. The largest absolute Gasteiger partial charge is 0.352 e. The van der Waals surface area contributed by atoms with Gasteiger partial charge >= 0.3 is 0 Å². The normalized spacial score (nSPS) is 13.8. The van der Waals surface area contributed by atoms with Crippen molar-refractivity contribution in [1.29, 1.82) is 0 Å². The Labute approximate surface area is 162 Å². The van der Waals surface area contributed by atoms with Crippen molar-refractivity contribution >= 4 is 40.4 Å². The summed E-state index contributed by atoms with van der Waals surface area (Å²) in [5.41, 5.74) is 2.35. The van der Waals surface area contributed by atoms with Crippen LogP contribution in [0.1, 0.15) is 52.1 Å². The fourth-order valence-electron chi connectivity index (χ4n) is 2.92. The number of hydrogen-bond donors (Lipinski definition) is 2. The van der Waals surface area contributed by atoms with E-state index in [1.54, 1.807) is 24.3 Å². The molecular formula is C20H21ClN2O2S. The number of amides is 2. The molecule has 136 valence electrons. The highest BCUT2D eigenvalue weighted by Crippen LogP contribution is 2.24. The third-order valence-electron chi connectivity index (χ3n) is 4.34. The van der Waals surface area contributed by atoms with Crippen LogP contribution >= 0.6 is 22.9 Å². The molecule has 0 radical (unpaired) electrons. The SMILES string of the molecule is O=C(NCCC1=CCCCC1)c1ccc(Cl)c(NC(=O)c2cccs2)c1. The number of nitrogens with one attached hydrogen (secondary N) is 2. The Morgan fingerprint density at radius 2 is 2.04 bits per heavy atom. The van der Waals surface area contributed by atoms with Crippen molar-refractivity contribution < 1.29 is 9.59 Å². The molecule has 0 fully saturated rings. The van der Waals surface area contributed by atoms with Crippen molar-refractivity contribution in [2.75, 3.05) is 11.9 Å². The maximum absolute atomic E-state index is 12.4. The smallest absolute Gasteiger partial charge is 0.265 e. The lowest BCUT2D eigenvalue weighted by Gasteiger charge is -2.13. The minimum Gasteiger partial charge on any atom is -0.352 e. The third kappa shape index (κ3) is 4.96. The molecule has 1 aromatic carbocycles. The molecule has 0 saturated heterocycles. The van der Waals surface area contributed by atoms with Gasteiger partial charge in [0.15, 0.2) is 0 Å². The number of allylic oxidation sites excluding steroid dienone is 1. The predicted molar refractivity (Wildman–Crippen MR) is 107 cm³/mol. The number of benzene rings is 1. The molecule has 1 aromatic heterocycles. The number of rotatable bonds is 6. The Kier molecular flexibility index (Phi) is 6.47. The molecule has 2 aromatic rings. The number of halogens is 1. The lowest BCUT2D eigenvalue weighted by Crippen LogP contribution is -2.25. The van der Waals surface area contributed by atoms with Gasteiger partial charge in [0.2, 0.25) is 0 Å². The standard InChI is InChI=1S/C20H21ClN2O2S/c21-16-9-8-15(13-17(16)23-20(25)18-7-4-12-26-18)19(24)22-11-10-14-5-2-1-3-6-14/h4-5,7-9,12-13H,1-3,6,10-11H2,(H,22,24)(H,23,25). The zero-order valence-corrected chi connectivity index (χ0v) is 16.0. The maximum Gasteiger partial charge on any atom is 0.265 e. The van der Waals surface area contributed by atoms with E-state index in [0.29, 0.717) is 27.7 Å². The number of hydrogen-bond acceptors (Lipinski definition) is 3. The van der Waals surface area contributed by atoms with Gasteiger partial charge in [-0.2, -0.15) is 0 Å². The summed E-state index contributed by atoms with van der Waals surface area (Å²) in [5.74, 6) is -0.395. The molecule has 2 N–H and O–H groups in total. The zero-order chi connectivity index (χ0) is 18.4. The van der Waals surface area contributed by atoms with E-state index in [0.717, 1.165) is 19.3 Å². The third-order valence-corrected chi connectivity index (χ3v) is 5.54. The van der Waals surface area contributed by atoms with Crippen LogP contribution in [0.3, 0.4) is 0 Å². The van der Waals surface area contributed by atoms with Gasteiger partial charge in [0.05, 0.1) is 15.6 Å². The summed E-state index contributed by atoms with van der Waals surface area (Å²) < 4.78 is 0. The van der Waals surface area contributed by atoms with Gasteiger partial charge in [-0.1, -0.05) is 29.3 Å². The Bertz CT molecular complexity index is 815. The van der Waals surface area contributed by atoms with Crippen molar-refractivity contribution in [3.63, 3.8) is 0 Å². The highest BCUT2D eigenvalue weighted by molar-refractivity contribution is 7.12. The molecule has 0 atom stereocenters. The number of carbonyl (C=O) groups excluding carboxylic acids is 2. The highest BCUT2D eigenvalue weighted by Gasteiger charge is 2.13. The van der Waals surface area contributed by atoms with E-state index >= 15 is 0 Å². The first-order valence-corrected chi connectivity index (χ1v) is 10.00. The van der Waals surface area contributed by atoms with Gasteiger partial charge < -0.3 is 10.6 Å². The van der Waals surface area contributed by atoms with Crippen LogP contribution in [0.15, 0.2) is 47.4 Å². The fraction of sp³-hybridized carbons (Fsp3) is 0.300. The van der Waals surface area contributed by atoms with Crippen LogP contribution in [0.2, 0.25) is 5.02 Å². The fourth-order valence-corrected chi connectivity index (χ4v) is 3.71. The van der Waals surface area contributed by atoms with Crippen molar-refractivity contribution in [1.82, 2.24) is 5.32 Å². The Balaban J connectivity index is 1.59. The molecule has 0 aliphatic heterocycles. The van der Waals surface area contributed by atoms with Crippen molar-refractivity contribution in [3.8, 4) is 0 Å². The lowest BCUT2D eigenvalue weighted by molar-refractivity contribution is 0.0952. The van der Waals surface area contributed by atoms with E-state index in [-0.39, 0.29) is 11.8 Å². The zero-order valence-electron chi connectivity index (χ0n) is 14.4. The molecule has 0 unspecified atom stereocenters. The molecule has 2 amide bonds. The van der Waals surface area contributed by atoms with Gasteiger partial charge in [-0.25, -0.2) is 0 Å². The van der Waals surface area contributed by atoms with E-state index in [4.69, 9.17) is 11.6 Å². The van der Waals surface area contributed by atoms with Gasteiger partial charge in [-0.05, 0) is 61.7 Å². The van der Waals surface area contributed by atoms with E-state index in [1.807, 2.05) is 11.4 Å². The summed E-state index contributed by atoms with van der Waals surface area (Å²) in [4.78, 5) is 25.2. The highest BCUT2D eigenvalue weighted by atomic mass is 35.5. The van der Waals surface area contributed by atoms with E-state index in [2.05, 4.69) is 16.7 Å². The van der Waals surface area contributed by atoms with Crippen LogP contribution in [-0.2, 0) is 0 Å². The first-order chi connectivity index (χ1) is 12.6. The maximum atomic E-state index is 12.4. The Morgan fingerprint density at radius 3 is 2.77 bits per heavy atom. The minimum absolute atomic E-state index is 0.162. The molecular weight excluding hydrogens is 368 g/mol. The average molecular weight is 389 g/mol. The van der Waals surface area contributed by atoms with Crippen LogP contribution in [0.25, 0.3) is 0 Å². The molecule has 0 spiro atoms. The lowest BCUT2D eigenvalue weighted by atomic mass is 9.97. The second kappa shape index (κ2) is 9.01. The minimum atomic E-state index is -0.233. The van der Waals surface area contributed by atoms with E-state index < -0.39 is 0 Å². The van der Waals surface area contributed by atoms with Gasteiger partial charge in [-0.3, -0.25) is 9.59 Å². The summed E-state index contributed by atoms with van der Waals surface area (Å²) in [7, 11) is 0. The number of anilines is 1.